The van der Waals surface area contributed by atoms with E-state index >= 15 is 0 Å². The highest BCUT2D eigenvalue weighted by Gasteiger charge is 2.00. The van der Waals surface area contributed by atoms with Crippen molar-refractivity contribution in [2.45, 2.75) is 6.54 Å². The van der Waals surface area contributed by atoms with E-state index in [9.17, 15) is 4.39 Å². The number of nitrogens with zero attached hydrogens (tertiary/aromatic N) is 4. The van der Waals surface area contributed by atoms with Crippen LogP contribution in [0.3, 0.4) is 0 Å². The van der Waals surface area contributed by atoms with Gasteiger partial charge in [0.15, 0.2) is 5.82 Å². The predicted octanol–water partition coefficient (Wildman–Crippen LogP) is 0.961. The van der Waals surface area contributed by atoms with Gasteiger partial charge in [0.25, 0.3) is 0 Å². The fourth-order valence-corrected chi connectivity index (χ4v) is 1.12. The molecule has 2 rings (SSSR count). The van der Waals surface area contributed by atoms with Crippen molar-refractivity contribution in [3.8, 4) is 0 Å². The average molecular weight is 207 g/mol. The molecule has 6 heteroatoms. The second-order valence-corrected chi connectivity index (χ2v) is 3.07. The lowest BCUT2D eigenvalue weighted by Gasteiger charge is -2.03. The summed E-state index contributed by atoms with van der Waals surface area (Å²) in [5, 5.41) is 10.7. The van der Waals surface area contributed by atoms with Gasteiger partial charge in [0.1, 0.15) is 18.0 Å². The highest BCUT2D eigenvalue weighted by molar-refractivity contribution is 5.33. The van der Waals surface area contributed by atoms with Crippen molar-refractivity contribution in [2.24, 2.45) is 7.05 Å². The Hall–Kier alpha value is -1.98. The minimum absolute atomic E-state index is 0.348. The lowest BCUT2D eigenvalue weighted by molar-refractivity contribution is 0.621. The van der Waals surface area contributed by atoms with E-state index in [4.69, 9.17) is 0 Å². The van der Waals surface area contributed by atoms with Crippen LogP contribution in [0.15, 0.2) is 24.7 Å². The summed E-state index contributed by atoms with van der Waals surface area (Å²) in [6.07, 6.45) is 2.79. The zero-order valence-corrected chi connectivity index (χ0v) is 8.18. The van der Waals surface area contributed by atoms with Gasteiger partial charge < -0.3 is 9.88 Å². The lowest BCUT2D eigenvalue weighted by atomic mass is 10.4. The van der Waals surface area contributed by atoms with Crippen LogP contribution in [0.2, 0.25) is 0 Å². The Morgan fingerprint density at radius 2 is 2.33 bits per heavy atom. The molecule has 78 valence electrons. The highest BCUT2D eigenvalue weighted by Crippen LogP contribution is 2.04. The number of halogens is 1. The van der Waals surface area contributed by atoms with Gasteiger partial charge in [-0.3, -0.25) is 0 Å². The predicted molar refractivity (Wildman–Crippen MR) is 52.5 cm³/mol. The third-order valence-electron chi connectivity index (χ3n) is 1.96. The van der Waals surface area contributed by atoms with Crippen LogP contribution >= 0.6 is 0 Å². The Bertz CT molecular complexity index is 436. The van der Waals surface area contributed by atoms with Crippen LogP contribution in [0.1, 0.15) is 5.82 Å². The van der Waals surface area contributed by atoms with Gasteiger partial charge in [0.05, 0.1) is 12.7 Å². The molecule has 2 heterocycles. The zero-order valence-electron chi connectivity index (χ0n) is 8.18. The molecule has 0 unspecified atom stereocenters. The van der Waals surface area contributed by atoms with Gasteiger partial charge in [-0.05, 0) is 12.1 Å². The largest absolute Gasteiger partial charge is 0.363 e. The molecule has 0 amide bonds. The smallest absolute Gasteiger partial charge is 0.151 e. The number of aromatic nitrogens is 4. The van der Waals surface area contributed by atoms with E-state index in [0.717, 1.165) is 5.82 Å². The van der Waals surface area contributed by atoms with Crippen LogP contribution < -0.4 is 5.32 Å². The van der Waals surface area contributed by atoms with Crippen LogP contribution in [0, 0.1) is 5.82 Å². The van der Waals surface area contributed by atoms with E-state index in [1.165, 1.54) is 12.3 Å². The highest BCUT2D eigenvalue weighted by atomic mass is 19.1. The number of anilines is 1. The van der Waals surface area contributed by atoms with Crippen molar-refractivity contribution in [3.05, 3.63) is 36.3 Å². The molecule has 0 aliphatic heterocycles. The fourth-order valence-electron chi connectivity index (χ4n) is 1.12. The van der Waals surface area contributed by atoms with E-state index in [1.807, 2.05) is 7.05 Å². The molecule has 0 spiro atoms. The molecule has 15 heavy (non-hydrogen) atoms. The van der Waals surface area contributed by atoms with Gasteiger partial charge in [0.2, 0.25) is 0 Å². The van der Waals surface area contributed by atoms with Gasteiger partial charge >= 0.3 is 0 Å². The normalized spacial score (nSPS) is 10.3. The van der Waals surface area contributed by atoms with Crippen molar-refractivity contribution in [1.29, 1.82) is 0 Å². The van der Waals surface area contributed by atoms with Crippen molar-refractivity contribution < 1.29 is 4.39 Å². The Kier molecular flexibility index (Phi) is 2.57. The third kappa shape index (κ3) is 2.28. The first-order chi connectivity index (χ1) is 7.25. The molecule has 0 atom stereocenters. The van der Waals surface area contributed by atoms with Crippen LogP contribution in [0.4, 0.5) is 10.2 Å². The van der Waals surface area contributed by atoms with Crippen LogP contribution in [0.5, 0.6) is 0 Å². The van der Waals surface area contributed by atoms with E-state index in [2.05, 4.69) is 20.5 Å². The SMILES string of the molecule is Cn1cnnc1CNc1ccc(F)cn1. The fraction of sp³-hybridized carbons (Fsp3) is 0.222. The van der Waals surface area contributed by atoms with Gasteiger partial charge in [-0.2, -0.15) is 0 Å². The summed E-state index contributed by atoms with van der Waals surface area (Å²) < 4.78 is 14.3. The Labute approximate surface area is 86.0 Å². The Morgan fingerprint density at radius 1 is 1.47 bits per heavy atom. The van der Waals surface area contributed by atoms with Crippen molar-refractivity contribution in [1.82, 2.24) is 19.7 Å². The van der Waals surface area contributed by atoms with E-state index in [-0.39, 0.29) is 5.82 Å². The molecule has 1 N–H and O–H groups in total. The van der Waals surface area contributed by atoms with Gasteiger partial charge in [-0.25, -0.2) is 9.37 Å². The average Bonchev–Trinajstić information content (AvgIpc) is 2.63. The molecule has 0 radical (unpaired) electrons. The molecule has 0 saturated heterocycles. The minimum Gasteiger partial charge on any atom is -0.363 e. The van der Waals surface area contributed by atoms with Gasteiger partial charge in [-0.1, -0.05) is 0 Å². The molecule has 2 aromatic heterocycles. The molecule has 0 aliphatic rings. The molecule has 0 aliphatic carbocycles. The summed E-state index contributed by atoms with van der Waals surface area (Å²) in [5.41, 5.74) is 0. The number of hydrogen-bond acceptors (Lipinski definition) is 4. The first-order valence-corrected chi connectivity index (χ1v) is 4.44. The van der Waals surface area contributed by atoms with E-state index < -0.39 is 0 Å². The quantitative estimate of drug-likeness (QED) is 0.814. The summed E-state index contributed by atoms with van der Waals surface area (Å²) in [4.78, 5) is 3.86. The molecule has 0 fully saturated rings. The minimum atomic E-state index is -0.348. The third-order valence-corrected chi connectivity index (χ3v) is 1.96. The molecule has 0 aromatic carbocycles. The first kappa shape index (κ1) is 9.57. The summed E-state index contributed by atoms with van der Waals surface area (Å²) >= 11 is 0. The van der Waals surface area contributed by atoms with Crippen molar-refractivity contribution in [3.63, 3.8) is 0 Å². The number of hydrogen-bond donors (Lipinski definition) is 1. The molecule has 0 saturated carbocycles. The second kappa shape index (κ2) is 4.04. The topological polar surface area (TPSA) is 55.6 Å². The molecular weight excluding hydrogens is 197 g/mol. The standard InChI is InChI=1S/C9H10FN5/c1-15-6-13-14-9(15)5-12-8-3-2-7(10)4-11-8/h2-4,6H,5H2,1H3,(H,11,12). The maximum absolute atomic E-state index is 12.5. The number of rotatable bonds is 3. The Balaban J connectivity index is 1.99. The summed E-state index contributed by atoms with van der Waals surface area (Å²) in [6, 6.07) is 2.93. The van der Waals surface area contributed by atoms with E-state index in [0.29, 0.717) is 12.4 Å². The summed E-state index contributed by atoms with van der Waals surface area (Å²) in [5.74, 6) is 1.06. The maximum atomic E-state index is 12.5. The second-order valence-electron chi connectivity index (χ2n) is 3.07. The summed E-state index contributed by atoms with van der Waals surface area (Å²) in [7, 11) is 1.86. The lowest BCUT2D eigenvalue weighted by Crippen LogP contribution is -2.06. The van der Waals surface area contributed by atoms with E-state index in [1.54, 1.807) is 17.0 Å². The van der Waals surface area contributed by atoms with Crippen molar-refractivity contribution in [2.75, 3.05) is 5.32 Å². The number of nitrogens with one attached hydrogen (secondary N) is 1. The van der Waals surface area contributed by atoms with Crippen LogP contribution in [0.25, 0.3) is 0 Å². The summed E-state index contributed by atoms with van der Waals surface area (Å²) in [6.45, 7) is 0.509. The number of aryl methyl sites for hydroxylation is 1. The van der Waals surface area contributed by atoms with Gasteiger partial charge in [-0.15, -0.1) is 10.2 Å². The zero-order chi connectivity index (χ0) is 10.7. The van der Waals surface area contributed by atoms with Gasteiger partial charge in [0, 0.05) is 7.05 Å². The Morgan fingerprint density at radius 3 is 2.93 bits per heavy atom. The van der Waals surface area contributed by atoms with Crippen molar-refractivity contribution >= 4 is 5.82 Å². The van der Waals surface area contributed by atoms with Crippen LogP contribution in [-0.2, 0) is 13.6 Å². The van der Waals surface area contributed by atoms with Crippen LogP contribution in [-0.4, -0.2) is 19.7 Å². The molecule has 5 nitrogen and oxygen atoms in total. The first-order valence-electron chi connectivity index (χ1n) is 4.44. The molecule has 2 aromatic rings. The molecule has 0 bridgehead atoms. The maximum Gasteiger partial charge on any atom is 0.151 e. The number of pyridine rings is 1. The molecular formula is C9H10FN5. The monoisotopic (exact) mass is 207 g/mol.